The molecule has 0 saturated heterocycles. The largest absolute Gasteiger partial charge is 0.478 e. The second-order valence-electron chi connectivity index (χ2n) is 4.07. The van der Waals surface area contributed by atoms with E-state index < -0.39 is 31.3 Å². The van der Waals surface area contributed by atoms with Crippen LogP contribution in [0.5, 0.6) is 0 Å². The van der Waals surface area contributed by atoms with Crippen molar-refractivity contribution in [3.05, 3.63) is 23.8 Å². The van der Waals surface area contributed by atoms with Crippen LogP contribution < -0.4 is 11.1 Å². The van der Waals surface area contributed by atoms with E-state index >= 15 is 0 Å². The summed E-state index contributed by atoms with van der Waals surface area (Å²) in [6.45, 7) is -1.81. The van der Waals surface area contributed by atoms with Gasteiger partial charge in [0.1, 0.15) is 6.61 Å². The molecule has 0 aliphatic heterocycles. The zero-order chi connectivity index (χ0) is 16.0. The van der Waals surface area contributed by atoms with E-state index in [1.165, 1.54) is 12.1 Å². The third-order valence-corrected chi connectivity index (χ3v) is 2.31. The summed E-state index contributed by atoms with van der Waals surface area (Å²) in [5.74, 6) is -1.76. The van der Waals surface area contributed by atoms with Crippen LogP contribution in [0.2, 0.25) is 0 Å². The van der Waals surface area contributed by atoms with Gasteiger partial charge in [0.15, 0.2) is 0 Å². The van der Waals surface area contributed by atoms with Gasteiger partial charge in [0.05, 0.1) is 30.0 Å². The Morgan fingerprint density at radius 3 is 2.52 bits per heavy atom. The quantitative estimate of drug-likeness (QED) is 0.550. The first-order valence-corrected chi connectivity index (χ1v) is 5.76. The second kappa shape index (κ2) is 6.93. The van der Waals surface area contributed by atoms with Gasteiger partial charge in [0, 0.05) is 0 Å². The van der Waals surface area contributed by atoms with Crippen LogP contribution >= 0.6 is 0 Å². The van der Waals surface area contributed by atoms with Crippen LogP contribution in [0.4, 0.5) is 24.5 Å². The Balaban J connectivity index is 2.46. The summed E-state index contributed by atoms with van der Waals surface area (Å²) in [5, 5.41) is 11.1. The van der Waals surface area contributed by atoms with Crippen LogP contribution in [0.3, 0.4) is 0 Å². The molecule has 0 spiro atoms. The third-order valence-electron chi connectivity index (χ3n) is 2.31. The van der Waals surface area contributed by atoms with E-state index in [2.05, 4.69) is 10.1 Å². The number of hydrogen-bond acceptors (Lipinski definition) is 4. The van der Waals surface area contributed by atoms with Crippen molar-refractivity contribution in [2.24, 2.45) is 0 Å². The van der Waals surface area contributed by atoms with Crippen LogP contribution in [0, 0.1) is 0 Å². The maximum atomic E-state index is 11.8. The Kier molecular flexibility index (Phi) is 5.53. The average molecular weight is 306 g/mol. The van der Waals surface area contributed by atoms with Gasteiger partial charge in [-0.1, -0.05) is 0 Å². The first kappa shape index (κ1) is 16.8. The number of alkyl halides is 3. The molecule has 0 aliphatic rings. The van der Waals surface area contributed by atoms with Crippen molar-refractivity contribution in [3.8, 4) is 0 Å². The fraction of sp³-hybridized carbons (Fsp3) is 0.333. The number of anilines is 2. The number of nitrogens with two attached hydrogens (primary N) is 1. The highest BCUT2D eigenvalue weighted by Crippen LogP contribution is 2.20. The standard InChI is InChI=1S/C12H13F3N2O4/c13-12(14,15)6-21-4-3-10(18)17-9-2-1-7(11(19)20)5-8(9)16/h1-2,5H,3-4,6,16H2,(H,17,18)(H,19,20). The minimum absolute atomic E-state index is 0.0412. The highest BCUT2D eigenvalue weighted by atomic mass is 19.4. The lowest BCUT2D eigenvalue weighted by Crippen LogP contribution is -2.20. The minimum atomic E-state index is -4.44. The Labute approximate surface area is 117 Å². The molecule has 1 aromatic carbocycles. The van der Waals surface area contributed by atoms with Crippen LogP contribution in [0.25, 0.3) is 0 Å². The van der Waals surface area contributed by atoms with Crippen molar-refractivity contribution >= 4 is 23.3 Å². The van der Waals surface area contributed by atoms with Crippen molar-refractivity contribution in [2.45, 2.75) is 12.6 Å². The van der Waals surface area contributed by atoms with Gasteiger partial charge in [-0.2, -0.15) is 13.2 Å². The van der Waals surface area contributed by atoms with Crippen molar-refractivity contribution in [3.63, 3.8) is 0 Å². The number of rotatable bonds is 6. The summed E-state index contributed by atoms with van der Waals surface area (Å²) < 4.78 is 39.7. The summed E-state index contributed by atoms with van der Waals surface area (Å²) in [6.07, 6.45) is -4.72. The fourth-order valence-electron chi connectivity index (χ4n) is 1.38. The molecule has 1 amide bonds. The van der Waals surface area contributed by atoms with Gasteiger partial charge in [-0.15, -0.1) is 0 Å². The molecule has 0 saturated carbocycles. The summed E-state index contributed by atoms with van der Waals surface area (Å²) in [7, 11) is 0. The number of carboxylic acids is 1. The van der Waals surface area contributed by atoms with E-state index in [0.717, 1.165) is 6.07 Å². The molecular weight excluding hydrogens is 293 g/mol. The van der Waals surface area contributed by atoms with Crippen LogP contribution in [0.15, 0.2) is 18.2 Å². The van der Waals surface area contributed by atoms with Gasteiger partial charge < -0.3 is 20.9 Å². The van der Waals surface area contributed by atoms with Crippen molar-refractivity contribution in [2.75, 3.05) is 24.3 Å². The van der Waals surface area contributed by atoms with Crippen LogP contribution in [0.1, 0.15) is 16.8 Å². The van der Waals surface area contributed by atoms with Gasteiger partial charge in [0.2, 0.25) is 5.91 Å². The number of carbonyl (C=O) groups excluding carboxylic acids is 1. The maximum Gasteiger partial charge on any atom is 0.411 e. The number of hydrogen-bond donors (Lipinski definition) is 3. The fourth-order valence-corrected chi connectivity index (χ4v) is 1.38. The van der Waals surface area contributed by atoms with E-state index in [4.69, 9.17) is 10.8 Å². The Bertz CT molecular complexity index is 532. The number of nitrogens with one attached hydrogen (secondary N) is 1. The van der Waals surface area contributed by atoms with Gasteiger partial charge >= 0.3 is 12.1 Å². The molecule has 21 heavy (non-hydrogen) atoms. The lowest BCUT2D eigenvalue weighted by atomic mass is 10.1. The number of carbonyl (C=O) groups is 2. The Morgan fingerprint density at radius 2 is 2.00 bits per heavy atom. The molecule has 0 unspecified atom stereocenters. The molecule has 0 radical (unpaired) electrons. The van der Waals surface area contributed by atoms with E-state index in [9.17, 15) is 22.8 Å². The van der Waals surface area contributed by atoms with Gasteiger partial charge in [-0.05, 0) is 18.2 Å². The number of nitrogen functional groups attached to an aromatic ring is 1. The van der Waals surface area contributed by atoms with Gasteiger partial charge in [-0.3, -0.25) is 4.79 Å². The third kappa shape index (κ3) is 6.13. The first-order valence-electron chi connectivity index (χ1n) is 5.76. The monoisotopic (exact) mass is 306 g/mol. The SMILES string of the molecule is Nc1cc(C(=O)O)ccc1NC(=O)CCOCC(F)(F)F. The maximum absolute atomic E-state index is 11.8. The second-order valence-corrected chi connectivity index (χ2v) is 4.07. The topological polar surface area (TPSA) is 102 Å². The van der Waals surface area contributed by atoms with Gasteiger partial charge in [-0.25, -0.2) is 4.79 Å². The van der Waals surface area contributed by atoms with Gasteiger partial charge in [0.25, 0.3) is 0 Å². The van der Waals surface area contributed by atoms with E-state index in [1.807, 2.05) is 0 Å². The number of benzene rings is 1. The normalized spacial score (nSPS) is 11.2. The molecule has 0 bridgehead atoms. The van der Waals surface area contributed by atoms with Crippen molar-refractivity contribution in [1.82, 2.24) is 0 Å². The molecule has 1 aromatic rings. The number of amides is 1. The number of halogens is 3. The lowest BCUT2D eigenvalue weighted by Gasteiger charge is -2.10. The summed E-state index contributed by atoms with van der Waals surface area (Å²) >= 11 is 0. The summed E-state index contributed by atoms with van der Waals surface area (Å²) in [4.78, 5) is 22.2. The predicted octanol–water partition coefficient (Wildman–Crippen LogP) is 1.87. The van der Waals surface area contributed by atoms with Crippen molar-refractivity contribution < 1.29 is 32.6 Å². The molecule has 9 heteroatoms. The molecule has 1 rings (SSSR count). The first-order chi connectivity index (χ1) is 9.69. The zero-order valence-corrected chi connectivity index (χ0v) is 10.7. The number of aromatic carboxylic acids is 1. The van der Waals surface area contributed by atoms with E-state index in [0.29, 0.717) is 0 Å². The highest BCUT2D eigenvalue weighted by molar-refractivity contribution is 5.96. The zero-order valence-electron chi connectivity index (χ0n) is 10.7. The number of carboxylic acid groups (broad SMARTS) is 1. The van der Waals surface area contributed by atoms with E-state index in [1.54, 1.807) is 0 Å². The molecule has 0 atom stereocenters. The molecule has 0 heterocycles. The minimum Gasteiger partial charge on any atom is -0.478 e. The Hall–Kier alpha value is -2.29. The lowest BCUT2D eigenvalue weighted by molar-refractivity contribution is -0.174. The Morgan fingerprint density at radius 1 is 1.33 bits per heavy atom. The van der Waals surface area contributed by atoms with Crippen molar-refractivity contribution in [1.29, 1.82) is 0 Å². The molecule has 0 fully saturated rings. The molecule has 0 aliphatic carbocycles. The summed E-state index contributed by atoms with van der Waals surface area (Å²) in [5.41, 5.74) is 5.74. The van der Waals surface area contributed by atoms with Crippen LogP contribution in [-0.2, 0) is 9.53 Å². The molecule has 0 aromatic heterocycles. The average Bonchev–Trinajstić information content (AvgIpc) is 2.36. The molecular formula is C12H13F3N2O4. The molecule has 4 N–H and O–H groups in total. The highest BCUT2D eigenvalue weighted by Gasteiger charge is 2.27. The summed E-state index contributed by atoms with van der Waals surface area (Å²) in [6, 6.07) is 3.71. The van der Waals surface area contributed by atoms with E-state index in [-0.39, 0.29) is 23.4 Å². The number of ether oxygens (including phenoxy) is 1. The smallest absolute Gasteiger partial charge is 0.411 e. The van der Waals surface area contributed by atoms with Crippen LogP contribution in [-0.4, -0.2) is 36.4 Å². The predicted molar refractivity (Wildman–Crippen MR) is 67.9 cm³/mol. The molecule has 116 valence electrons. The molecule has 6 nitrogen and oxygen atoms in total.